The Morgan fingerprint density at radius 2 is 2.05 bits per heavy atom. The van der Waals surface area contributed by atoms with Crippen molar-refractivity contribution in [1.29, 1.82) is 0 Å². The molecule has 0 aliphatic heterocycles. The molecule has 0 atom stereocenters. The lowest BCUT2D eigenvalue weighted by molar-refractivity contribution is 0.0977. The number of unbranched alkanes of at least 4 members (excludes halogenated alkanes) is 1. The number of nitrogens with zero attached hydrogens (tertiary/aromatic N) is 2. The molecule has 0 aliphatic rings. The van der Waals surface area contributed by atoms with Gasteiger partial charge < -0.3 is 4.57 Å². The van der Waals surface area contributed by atoms with E-state index < -0.39 is 0 Å². The average Bonchev–Trinajstić information content (AvgIpc) is 2.96. The molecule has 2 aromatic rings. The van der Waals surface area contributed by atoms with Crippen molar-refractivity contribution in [2.45, 2.75) is 39.2 Å². The van der Waals surface area contributed by atoms with Crippen LogP contribution in [-0.4, -0.2) is 15.3 Å². The molecule has 0 saturated heterocycles. The maximum atomic E-state index is 12.0. The number of aryl methyl sites for hydroxylation is 2. The van der Waals surface area contributed by atoms with Gasteiger partial charge in [0.1, 0.15) is 0 Å². The van der Waals surface area contributed by atoms with Crippen molar-refractivity contribution in [1.82, 2.24) is 9.55 Å². The van der Waals surface area contributed by atoms with E-state index in [4.69, 9.17) is 0 Å². The molecule has 2 rings (SSSR count). The molecule has 0 saturated carbocycles. The first-order chi connectivity index (χ1) is 9.29. The molecule has 0 amide bonds. The van der Waals surface area contributed by atoms with E-state index in [0.717, 1.165) is 12.0 Å². The highest BCUT2D eigenvalue weighted by Crippen LogP contribution is 2.10. The van der Waals surface area contributed by atoms with Gasteiger partial charge in [-0.3, -0.25) is 4.79 Å². The van der Waals surface area contributed by atoms with Crippen molar-refractivity contribution in [3.05, 3.63) is 54.1 Å². The van der Waals surface area contributed by atoms with E-state index in [1.165, 1.54) is 18.4 Å². The number of hydrogen-bond donors (Lipinski definition) is 0. The van der Waals surface area contributed by atoms with Crippen LogP contribution in [0.2, 0.25) is 0 Å². The first-order valence-corrected chi connectivity index (χ1v) is 6.87. The molecule has 0 unspecified atom stereocenters. The summed E-state index contributed by atoms with van der Waals surface area (Å²) in [4.78, 5) is 16.0. The summed E-state index contributed by atoms with van der Waals surface area (Å²) in [5.41, 5.74) is 2.12. The first kappa shape index (κ1) is 13.5. The zero-order valence-electron chi connectivity index (χ0n) is 11.4. The summed E-state index contributed by atoms with van der Waals surface area (Å²) in [6.07, 6.45) is 9.36. The summed E-state index contributed by atoms with van der Waals surface area (Å²) in [5.74, 6) is 0.191. The average molecular weight is 256 g/mol. The lowest BCUT2D eigenvalue weighted by Gasteiger charge is -2.04. The Morgan fingerprint density at radius 3 is 2.68 bits per heavy atom. The number of aromatic nitrogens is 2. The molecule has 1 aromatic carbocycles. The number of ketones is 1. The fourth-order valence-electron chi connectivity index (χ4n) is 2.03. The van der Waals surface area contributed by atoms with Crippen molar-refractivity contribution >= 4 is 5.78 Å². The Balaban J connectivity index is 1.88. The van der Waals surface area contributed by atoms with Gasteiger partial charge >= 0.3 is 0 Å². The Bertz CT molecular complexity index is 500. The lowest BCUT2D eigenvalue weighted by Crippen LogP contribution is -2.04. The normalized spacial score (nSPS) is 10.6. The van der Waals surface area contributed by atoms with Crippen molar-refractivity contribution in [2.75, 3.05) is 0 Å². The van der Waals surface area contributed by atoms with E-state index >= 15 is 0 Å². The second kappa shape index (κ2) is 6.88. The second-order valence-electron chi connectivity index (χ2n) is 4.77. The predicted octanol–water partition coefficient (Wildman–Crippen LogP) is 3.50. The van der Waals surface area contributed by atoms with Gasteiger partial charge in [-0.25, -0.2) is 4.98 Å². The zero-order valence-corrected chi connectivity index (χ0v) is 11.4. The maximum absolute atomic E-state index is 12.0. The zero-order chi connectivity index (χ0) is 13.5. The molecule has 3 nitrogen and oxygen atoms in total. The molecule has 0 N–H and O–H groups in total. The Labute approximate surface area is 114 Å². The highest BCUT2D eigenvalue weighted by Gasteiger charge is 2.05. The van der Waals surface area contributed by atoms with Gasteiger partial charge in [-0.05, 0) is 18.4 Å². The Kier molecular flexibility index (Phi) is 4.90. The van der Waals surface area contributed by atoms with Crippen LogP contribution >= 0.6 is 0 Å². The highest BCUT2D eigenvalue weighted by atomic mass is 16.1. The van der Waals surface area contributed by atoms with Crippen molar-refractivity contribution in [2.24, 2.45) is 0 Å². The van der Waals surface area contributed by atoms with Gasteiger partial charge in [0.25, 0.3) is 0 Å². The van der Waals surface area contributed by atoms with Gasteiger partial charge in [0, 0.05) is 30.9 Å². The van der Waals surface area contributed by atoms with E-state index in [-0.39, 0.29) is 5.78 Å². The van der Waals surface area contributed by atoms with E-state index in [1.54, 1.807) is 12.5 Å². The third kappa shape index (κ3) is 4.05. The van der Waals surface area contributed by atoms with Gasteiger partial charge in [0.05, 0.1) is 6.33 Å². The summed E-state index contributed by atoms with van der Waals surface area (Å²) in [6.45, 7) is 2.88. The fourth-order valence-corrected chi connectivity index (χ4v) is 2.03. The number of Topliss-reactive ketones (excluding diaryl/α,β-unsaturated/α-hetero) is 1. The van der Waals surface area contributed by atoms with E-state index in [0.29, 0.717) is 13.0 Å². The van der Waals surface area contributed by atoms with Crippen LogP contribution in [0.1, 0.15) is 42.1 Å². The largest absolute Gasteiger partial charge is 0.337 e. The molecular formula is C16H20N2O. The predicted molar refractivity (Wildman–Crippen MR) is 76.2 cm³/mol. The van der Waals surface area contributed by atoms with Crippen molar-refractivity contribution in [3.63, 3.8) is 0 Å². The number of benzene rings is 1. The fraction of sp³-hybridized carbons (Fsp3) is 0.375. The standard InChI is InChI=1S/C16H20N2O/c1-2-3-4-14-5-7-15(8-6-14)16(19)9-11-18-12-10-17-13-18/h5-8,10,12-13H,2-4,9,11H2,1H3. The number of imidazole rings is 1. The Hall–Kier alpha value is -1.90. The molecule has 100 valence electrons. The monoisotopic (exact) mass is 256 g/mol. The Morgan fingerprint density at radius 1 is 1.26 bits per heavy atom. The smallest absolute Gasteiger partial charge is 0.164 e. The van der Waals surface area contributed by atoms with Gasteiger partial charge in [-0.15, -0.1) is 0 Å². The topological polar surface area (TPSA) is 34.9 Å². The molecular weight excluding hydrogens is 236 g/mol. The van der Waals surface area contributed by atoms with Gasteiger partial charge in [0.2, 0.25) is 0 Å². The number of rotatable bonds is 7. The van der Waals surface area contributed by atoms with Crippen LogP contribution < -0.4 is 0 Å². The van der Waals surface area contributed by atoms with Crippen LogP contribution in [0.4, 0.5) is 0 Å². The summed E-state index contributed by atoms with van der Waals surface area (Å²) >= 11 is 0. The van der Waals surface area contributed by atoms with Crippen LogP contribution in [-0.2, 0) is 13.0 Å². The van der Waals surface area contributed by atoms with Crippen molar-refractivity contribution < 1.29 is 4.79 Å². The van der Waals surface area contributed by atoms with E-state index in [1.807, 2.05) is 22.9 Å². The number of carbonyl (C=O) groups excluding carboxylic acids is 1. The van der Waals surface area contributed by atoms with Crippen LogP contribution in [0.5, 0.6) is 0 Å². The van der Waals surface area contributed by atoms with Crippen LogP contribution in [0.3, 0.4) is 0 Å². The SMILES string of the molecule is CCCCc1ccc(C(=O)CCn2ccnc2)cc1. The molecule has 0 fully saturated rings. The molecule has 1 heterocycles. The molecule has 1 aromatic heterocycles. The van der Waals surface area contributed by atoms with E-state index in [2.05, 4.69) is 24.0 Å². The minimum absolute atomic E-state index is 0.191. The van der Waals surface area contributed by atoms with Gasteiger partial charge in [-0.1, -0.05) is 37.6 Å². The molecule has 3 heteroatoms. The molecule has 19 heavy (non-hydrogen) atoms. The molecule has 0 aliphatic carbocycles. The summed E-state index contributed by atoms with van der Waals surface area (Å²) in [7, 11) is 0. The first-order valence-electron chi connectivity index (χ1n) is 6.87. The quantitative estimate of drug-likeness (QED) is 0.711. The minimum Gasteiger partial charge on any atom is -0.337 e. The number of hydrogen-bond acceptors (Lipinski definition) is 2. The van der Waals surface area contributed by atoms with Crippen molar-refractivity contribution in [3.8, 4) is 0 Å². The summed E-state index contributed by atoms with van der Waals surface area (Å²) in [5, 5.41) is 0. The molecule has 0 spiro atoms. The lowest BCUT2D eigenvalue weighted by atomic mass is 10.0. The molecule has 0 bridgehead atoms. The van der Waals surface area contributed by atoms with Gasteiger partial charge in [0.15, 0.2) is 5.78 Å². The third-order valence-electron chi connectivity index (χ3n) is 3.25. The van der Waals surface area contributed by atoms with Crippen LogP contribution in [0.15, 0.2) is 43.0 Å². The van der Waals surface area contributed by atoms with Crippen LogP contribution in [0.25, 0.3) is 0 Å². The highest BCUT2D eigenvalue weighted by molar-refractivity contribution is 5.96. The maximum Gasteiger partial charge on any atom is 0.164 e. The number of carbonyl (C=O) groups is 1. The van der Waals surface area contributed by atoms with E-state index in [9.17, 15) is 4.79 Å². The summed E-state index contributed by atoms with van der Waals surface area (Å²) in [6, 6.07) is 8.03. The summed E-state index contributed by atoms with van der Waals surface area (Å²) < 4.78 is 1.92. The van der Waals surface area contributed by atoms with Gasteiger partial charge in [-0.2, -0.15) is 0 Å². The van der Waals surface area contributed by atoms with Crippen LogP contribution in [0, 0.1) is 0 Å². The second-order valence-corrected chi connectivity index (χ2v) is 4.77. The molecule has 0 radical (unpaired) electrons. The third-order valence-corrected chi connectivity index (χ3v) is 3.25. The minimum atomic E-state index is 0.191.